The molecule has 41 heavy (non-hydrogen) atoms. The molecule has 216 valence electrons. The largest absolute Gasteiger partial charge is 0.507 e. The Kier molecular flexibility index (Phi) is 8.47. The Morgan fingerprint density at radius 3 is 2.44 bits per heavy atom. The van der Waals surface area contributed by atoms with Crippen LogP contribution in [0.2, 0.25) is 0 Å². The molecule has 4 aromatic rings. The van der Waals surface area contributed by atoms with Crippen LogP contribution in [0.25, 0.3) is 22.5 Å². The highest BCUT2D eigenvalue weighted by Gasteiger charge is 2.39. The fourth-order valence-corrected chi connectivity index (χ4v) is 5.20. The van der Waals surface area contributed by atoms with Crippen molar-refractivity contribution in [1.29, 1.82) is 0 Å². The third-order valence-electron chi connectivity index (χ3n) is 7.10. The summed E-state index contributed by atoms with van der Waals surface area (Å²) in [5.41, 5.74) is 2.79. The number of aliphatic hydroxyl groups excluding tert-OH is 2. The molecule has 0 bridgehead atoms. The molecular formula is C29H31N3O8S. The number of rotatable bonds is 10. The van der Waals surface area contributed by atoms with E-state index in [1.54, 1.807) is 30.3 Å². The first-order chi connectivity index (χ1) is 19.3. The van der Waals surface area contributed by atoms with Crippen LogP contribution in [-0.4, -0.2) is 56.9 Å². The smallest absolute Gasteiger partial charge is 0.255 e. The van der Waals surface area contributed by atoms with E-state index in [1.807, 2.05) is 19.1 Å². The summed E-state index contributed by atoms with van der Waals surface area (Å²) in [6, 6.07) is 15.9. The summed E-state index contributed by atoms with van der Waals surface area (Å²) in [6.45, 7) is 2.64. The number of nitrogens with one attached hydrogen (secondary N) is 1. The van der Waals surface area contributed by atoms with Gasteiger partial charge in [0.15, 0.2) is 15.6 Å². The van der Waals surface area contributed by atoms with Crippen molar-refractivity contribution in [3.05, 3.63) is 94.0 Å². The second-order valence-corrected chi connectivity index (χ2v) is 12.7. The first-order valence-corrected chi connectivity index (χ1v) is 14.6. The second-order valence-electron chi connectivity index (χ2n) is 10.1. The SMILES string of the molecule is Cc1cc(-c2ccn(C(O)CC(C)(CNC(=O)c3ccccc3O)S(C)(=O)=O)c(=O)c2)ccc1-c1cc(CO)no1. The highest BCUT2D eigenvalue weighted by Crippen LogP contribution is 2.30. The summed E-state index contributed by atoms with van der Waals surface area (Å²) in [6.07, 6.45) is 0.494. The van der Waals surface area contributed by atoms with Crippen molar-refractivity contribution in [3.8, 4) is 28.2 Å². The van der Waals surface area contributed by atoms with E-state index < -0.39 is 32.3 Å². The van der Waals surface area contributed by atoms with Crippen LogP contribution in [0.4, 0.5) is 0 Å². The van der Waals surface area contributed by atoms with Crippen LogP contribution < -0.4 is 10.9 Å². The summed E-state index contributed by atoms with van der Waals surface area (Å²) in [7, 11) is -3.83. The van der Waals surface area contributed by atoms with Crippen LogP contribution in [0.1, 0.15) is 41.2 Å². The molecule has 12 heteroatoms. The number of carbonyl (C=O) groups is 1. The molecule has 0 aliphatic rings. The summed E-state index contributed by atoms with van der Waals surface area (Å²) >= 11 is 0. The molecule has 2 aromatic heterocycles. The standard InChI is InChI=1S/C29H31N3O8S/c1-18-12-19(8-9-22(18)25-14-21(16-33)31-40-25)20-10-11-32(26(35)13-20)27(36)15-29(2,41(3,38)39)17-30-28(37)23-6-4-5-7-24(23)34/h4-14,27,33-34,36H,15-17H2,1-3H3,(H,30,37). The number of aromatic nitrogens is 2. The lowest BCUT2D eigenvalue weighted by Gasteiger charge is -2.30. The third kappa shape index (κ3) is 6.40. The second kappa shape index (κ2) is 11.7. The van der Waals surface area contributed by atoms with E-state index in [2.05, 4.69) is 10.5 Å². The number of carbonyl (C=O) groups excluding carboxylic acids is 1. The van der Waals surface area contributed by atoms with E-state index in [-0.39, 0.29) is 30.9 Å². The quantitative estimate of drug-likeness (QED) is 0.220. The fraction of sp³-hybridized carbons (Fsp3) is 0.276. The van der Waals surface area contributed by atoms with Gasteiger partial charge in [-0.25, -0.2) is 8.42 Å². The first kappa shape index (κ1) is 29.7. The predicted molar refractivity (Wildman–Crippen MR) is 152 cm³/mol. The zero-order valence-electron chi connectivity index (χ0n) is 22.7. The van der Waals surface area contributed by atoms with Gasteiger partial charge in [-0.1, -0.05) is 35.5 Å². The van der Waals surface area contributed by atoms with E-state index >= 15 is 0 Å². The van der Waals surface area contributed by atoms with E-state index in [1.165, 1.54) is 31.3 Å². The molecule has 0 saturated heterocycles. The number of pyridine rings is 1. The Bertz CT molecular complexity index is 1740. The highest BCUT2D eigenvalue weighted by atomic mass is 32.2. The molecule has 0 fully saturated rings. The maximum Gasteiger partial charge on any atom is 0.255 e. The van der Waals surface area contributed by atoms with Crippen LogP contribution in [0, 0.1) is 6.92 Å². The number of aromatic hydroxyl groups is 1. The number of sulfone groups is 1. The molecule has 1 amide bonds. The van der Waals surface area contributed by atoms with Crippen molar-refractivity contribution in [3.63, 3.8) is 0 Å². The molecule has 2 aromatic carbocycles. The van der Waals surface area contributed by atoms with Crippen molar-refractivity contribution in [1.82, 2.24) is 15.0 Å². The molecular weight excluding hydrogens is 550 g/mol. The zero-order valence-corrected chi connectivity index (χ0v) is 23.6. The van der Waals surface area contributed by atoms with Gasteiger partial charge in [-0.3, -0.25) is 14.2 Å². The number of nitrogens with zero attached hydrogens (tertiary/aromatic N) is 2. The van der Waals surface area contributed by atoms with E-state index in [4.69, 9.17) is 4.52 Å². The molecule has 4 rings (SSSR count). The van der Waals surface area contributed by atoms with Crippen molar-refractivity contribution < 1.29 is 33.1 Å². The van der Waals surface area contributed by atoms with Gasteiger partial charge in [0.05, 0.1) is 16.9 Å². The Hall–Kier alpha value is -4.26. The lowest BCUT2D eigenvalue weighted by molar-refractivity contribution is 0.0767. The average Bonchev–Trinajstić information content (AvgIpc) is 3.40. The van der Waals surface area contributed by atoms with E-state index in [9.17, 15) is 33.3 Å². The Morgan fingerprint density at radius 2 is 1.83 bits per heavy atom. The maximum absolute atomic E-state index is 13.0. The summed E-state index contributed by atoms with van der Waals surface area (Å²) in [5, 5.41) is 36.4. The summed E-state index contributed by atoms with van der Waals surface area (Å²) in [4.78, 5) is 25.6. The number of aliphatic hydroxyl groups is 2. The number of phenolic OH excluding ortho intramolecular Hbond substituents is 1. The molecule has 0 aliphatic carbocycles. The van der Waals surface area contributed by atoms with Gasteiger partial charge in [-0.15, -0.1) is 0 Å². The number of aryl methyl sites for hydroxylation is 1. The third-order valence-corrected chi connectivity index (χ3v) is 9.20. The van der Waals surface area contributed by atoms with Crippen LogP contribution in [0.5, 0.6) is 5.75 Å². The number of phenols is 1. The molecule has 0 spiro atoms. The molecule has 0 saturated carbocycles. The van der Waals surface area contributed by atoms with Crippen molar-refractivity contribution in [2.24, 2.45) is 0 Å². The van der Waals surface area contributed by atoms with Crippen molar-refractivity contribution in [2.45, 2.75) is 37.9 Å². The molecule has 0 aliphatic heterocycles. The Balaban J connectivity index is 1.53. The first-order valence-electron chi connectivity index (χ1n) is 12.7. The topological polar surface area (TPSA) is 172 Å². The minimum Gasteiger partial charge on any atom is -0.507 e. The lowest BCUT2D eigenvalue weighted by atomic mass is 9.99. The van der Waals surface area contributed by atoms with Gasteiger partial charge in [0.1, 0.15) is 17.7 Å². The molecule has 11 nitrogen and oxygen atoms in total. The lowest BCUT2D eigenvalue weighted by Crippen LogP contribution is -2.48. The van der Waals surface area contributed by atoms with Crippen LogP contribution in [0.15, 0.2) is 76.2 Å². The van der Waals surface area contributed by atoms with Gasteiger partial charge >= 0.3 is 0 Å². The minimum atomic E-state index is -3.83. The molecule has 2 atom stereocenters. The number of amides is 1. The Labute approximate surface area is 236 Å². The van der Waals surface area contributed by atoms with Crippen LogP contribution in [-0.2, 0) is 16.4 Å². The van der Waals surface area contributed by atoms with Crippen LogP contribution >= 0.6 is 0 Å². The molecule has 0 radical (unpaired) electrons. The number of benzene rings is 2. The zero-order chi connectivity index (χ0) is 29.9. The number of para-hydroxylation sites is 1. The fourth-order valence-electron chi connectivity index (χ4n) is 4.42. The van der Waals surface area contributed by atoms with Gasteiger partial charge in [0.2, 0.25) is 0 Å². The monoisotopic (exact) mass is 581 g/mol. The predicted octanol–water partition coefficient (Wildman–Crippen LogP) is 2.79. The highest BCUT2D eigenvalue weighted by molar-refractivity contribution is 7.92. The van der Waals surface area contributed by atoms with Crippen molar-refractivity contribution >= 4 is 15.7 Å². The molecule has 2 heterocycles. The summed E-state index contributed by atoms with van der Waals surface area (Å²) in [5.74, 6) is -0.425. The summed E-state index contributed by atoms with van der Waals surface area (Å²) < 4.78 is 30.1. The van der Waals surface area contributed by atoms with Gasteiger partial charge in [-0.2, -0.15) is 0 Å². The number of hydrogen-bond donors (Lipinski definition) is 4. The van der Waals surface area contributed by atoms with Crippen LogP contribution in [0.3, 0.4) is 0 Å². The average molecular weight is 582 g/mol. The minimum absolute atomic E-state index is 0.0188. The van der Waals surface area contributed by atoms with Gasteiger partial charge in [0, 0.05) is 43.1 Å². The molecule has 2 unspecified atom stereocenters. The van der Waals surface area contributed by atoms with Gasteiger partial charge < -0.3 is 25.2 Å². The Morgan fingerprint density at radius 1 is 1.12 bits per heavy atom. The van der Waals surface area contributed by atoms with Gasteiger partial charge in [-0.05, 0) is 48.7 Å². The van der Waals surface area contributed by atoms with E-state index in [0.717, 1.165) is 27.5 Å². The normalized spacial score (nSPS) is 13.9. The van der Waals surface area contributed by atoms with Crippen molar-refractivity contribution in [2.75, 3.05) is 12.8 Å². The van der Waals surface area contributed by atoms with E-state index in [0.29, 0.717) is 17.0 Å². The molecule has 4 N–H and O–H groups in total. The maximum atomic E-state index is 13.0. The number of hydrogen-bond acceptors (Lipinski definition) is 9. The van der Waals surface area contributed by atoms with Gasteiger partial charge in [0.25, 0.3) is 11.5 Å².